The highest BCUT2D eigenvalue weighted by atomic mass is 35.5. The minimum absolute atomic E-state index is 0.126. The highest BCUT2D eigenvalue weighted by Gasteiger charge is 2.31. The van der Waals surface area contributed by atoms with Gasteiger partial charge < -0.3 is 4.90 Å². The van der Waals surface area contributed by atoms with Crippen molar-refractivity contribution < 1.29 is 8.42 Å². The van der Waals surface area contributed by atoms with E-state index in [1.165, 1.54) is 22.5 Å². The molecule has 0 radical (unpaired) electrons. The summed E-state index contributed by atoms with van der Waals surface area (Å²) in [4.78, 5) is 4.86. The fraction of sp³-hybridized carbons (Fsp3) is 0.333. The third-order valence-electron chi connectivity index (χ3n) is 5.48. The molecule has 0 atom stereocenters. The summed E-state index contributed by atoms with van der Waals surface area (Å²) in [6, 6.07) is 10.7. The summed E-state index contributed by atoms with van der Waals surface area (Å²) < 4.78 is 27.6. The van der Waals surface area contributed by atoms with Crippen molar-refractivity contribution in [3.8, 4) is 0 Å². The van der Waals surface area contributed by atoms with E-state index in [1.54, 1.807) is 0 Å². The zero-order valence-electron chi connectivity index (χ0n) is 16.0. The van der Waals surface area contributed by atoms with Crippen LogP contribution in [-0.4, -0.2) is 50.3 Å². The summed E-state index contributed by atoms with van der Waals surface area (Å²) in [5.74, 6) is 0. The Hall–Kier alpha value is -1.57. The molecule has 0 bridgehead atoms. The van der Waals surface area contributed by atoms with Crippen molar-refractivity contribution in [3.05, 3.63) is 70.2 Å². The van der Waals surface area contributed by atoms with Gasteiger partial charge in [0.25, 0.3) is 0 Å². The highest BCUT2D eigenvalue weighted by molar-refractivity contribution is 7.89. The number of anilines is 1. The fourth-order valence-corrected chi connectivity index (χ4v) is 6.04. The molecule has 0 aromatic heterocycles. The van der Waals surface area contributed by atoms with Crippen molar-refractivity contribution >= 4 is 38.9 Å². The van der Waals surface area contributed by atoms with E-state index in [-0.39, 0.29) is 4.90 Å². The Bertz CT molecular complexity index is 1010. The lowest BCUT2D eigenvalue weighted by molar-refractivity contribution is 0.284. The fourth-order valence-electron chi connectivity index (χ4n) is 3.91. The number of fused-ring (bicyclic) bond motifs is 1. The number of nitrogens with zero attached hydrogens (tertiary/aromatic N) is 3. The number of sulfonamides is 1. The van der Waals surface area contributed by atoms with E-state index in [4.69, 9.17) is 23.2 Å². The lowest BCUT2D eigenvalue weighted by Gasteiger charge is -2.35. The number of benzene rings is 2. The van der Waals surface area contributed by atoms with E-state index in [2.05, 4.69) is 28.5 Å². The molecule has 0 spiro atoms. The van der Waals surface area contributed by atoms with Crippen molar-refractivity contribution in [2.24, 2.45) is 0 Å². The molecule has 0 N–H and O–H groups in total. The maximum atomic E-state index is 13.1. The van der Waals surface area contributed by atoms with Gasteiger partial charge >= 0.3 is 0 Å². The van der Waals surface area contributed by atoms with Crippen LogP contribution in [0.25, 0.3) is 0 Å². The Morgan fingerprint density at radius 2 is 1.59 bits per heavy atom. The van der Waals surface area contributed by atoms with Crippen LogP contribution in [0.3, 0.4) is 0 Å². The van der Waals surface area contributed by atoms with Crippen LogP contribution in [0, 0.1) is 0 Å². The monoisotopic (exact) mass is 451 g/mol. The van der Waals surface area contributed by atoms with Crippen LogP contribution in [0.15, 0.2) is 53.9 Å². The minimum Gasteiger partial charge on any atom is -0.369 e. The van der Waals surface area contributed by atoms with Crippen LogP contribution < -0.4 is 4.90 Å². The summed E-state index contributed by atoms with van der Waals surface area (Å²) in [6.07, 6.45) is 1.94. The SMILES string of the molecule is C=CCN1CCN(c2ccc3c(c2)CN(S(=O)(=O)c2cc(Cl)cc(Cl)c2)C3)CC1. The molecule has 29 heavy (non-hydrogen) atoms. The van der Waals surface area contributed by atoms with E-state index < -0.39 is 10.0 Å². The third kappa shape index (κ3) is 4.32. The molecule has 2 aliphatic rings. The molecule has 0 unspecified atom stereocenters. The molecule has 0 amide bonds. The van der Waals surface area contributed by atoms with E-state index in [1.807, 2.05) is 12.1 Å². The summed E-state index contributed by atoms with van der Waals surface area (Å²) in [6.45, 7) is 9.34. The van der Waals surface area contributed by atoms with Crippen LogP contribution >= 0.6 is 23.2 Å². The lowest BCUT2D eigenvalue weighted by Crippen LogP contribution is -2.46. The maximum absolute atomic E-state index is 13.1. The van der Waals surface area contributed by atoms with E-state index in [9.17, 15) is 8.42 Å². The van der Waals surface area contributed by atoms with Gasteiger partial charge in [0.05, 0.1) is 4.90 Å². The standard InChI is InChI=1S/C21H23Cl2N3O2S/c1-2-5-24-6-8-25(9-7-24)20-4-3-16-14-26(15-17(16)10-20)29(27,28)21-12-18(22)11-19(23)13-21/h2-4,10-13H,1,5-9,14-15H2. The molecule has 8 heteroatoms. The predicted molar refractivity (Wildman–Crippen MR) is 118 cm³/mol. The number of rotatable bonds is 5. The van der Waals surface area contributed by atoms with Gasteiger partial charge in [-0.25, -0.2) is 8.42 Å². The van der Waals surface area contributed by atoms with Gasteiger partial charge in [-0.05, 0) is 41.5 Å². The summed E-state index contributed by atoms with van der Waals surface area (Å²) in [5, 5.41) is 0.622. The molecule has 1 fully saturated rings. The summed E-state index contributed by atoms with van der Waals surface area (Å²) in [7, 11) is -3.67. The first-order valence-corrected chi connectivity index (χ1v) is 11.7. The maximum Gasteiger partial charge on any atom is 0.243 e. The number of hydrogen-bond donors (Lipinski definition) is 0. The zero-order valence-corrected chi connectivity index (χ0v) is 18.3. The number of hydrogen-bond acceptors (Lipinski definition) is 4. The molecule has 2 aliphatic heterocycles. The second-order valence-electron chi connectivity index (χ2n) is 7.41. The predicted octanol–water partition coefficient (Wildman–Crippen LogP) is 4.01. The highest BCUT2D eigenvalue weighted by Crippen LogP contribution is 2.33. The van der Waals surface area contributed by atoms with Gasteiger partial charge in [-0.15, -0.1) is 6.58 Å². The van der Waals surface area contributed by atoms with E-state index >= 15 is 0 Å². The smallest absolute Gasteiger partial charge is 0.243 e. The molecule has 154 valence electrons. The zero-order chi connectivity index (χ0) is 20.6. The first kappa shape index (κ1) is 20.7. The Balaban J connectivity index is 1.51. The van der Waals surface area contributed by atoms with Gasteiger partial charge in [0, 0.05) is 61.5 Å². The van der Waals surface area contributed by atoms with E-state index in [0.717, 1.165) is 49.5 Å². The second-order valence-corrected chi connectivity index (χ2v) is 10.2. The van der Waals surface area contributed by atoms with Gasteiger partial charge in [-0.1, -0.05) is 35.3 Å². The van der Waals surface area contributed by atoms with Crippen LogP contribution in [0.1, 0.15) is 11.1 Å². The molecule has 4 rings (SSSR count). The van der Waals surface area contributed by atoms with Gasteiger partial charge in [-0.3, -0.25) is 4.90 Å². The second kappa shape index (κ2) is 8.28. The van der Waals surface area contributed by atoms with Crippen LogP contribution in [0.4, 0.5) is 5.69 Å². The Labute approximate surface area is 182 Å². The normalized spacial score (nSPS) is 18.1. The topological polar surface area (TPSA) is 43.9 Å². The third-order valence-corrected chi connectivity index (χ3v) is 7.69. The van der Waals surface area contributed by atoms with Gasteiger partial charge in [-0.2, -0.15) is 4.31 Å². The number of piperazine rings is 1. The summed E-state index contributed by atoms with van der Waals surface area (Å²) >= 11 is 12.0. The van der Waals surface area contributed by atoms with Crippen molar-refractivity contribution in [2.75, 3.05) is 37.6 Å². The molecule has 0 aliphatic carbocycles. The first-order valence-electron chi connectivity index (χ1n) is 9.53. The van der Waals surface area contributed by atoms with Crippen molar-refractivity contribution in [1.82, 2.24) is 9.21 Å². The molecule has 2 aromatic carbocycles. The van der Waals surface area contributed by atoms with Crippen molar-refractivity contribution in [1.29, 1.82) is 0 Å². The Kier molecular flexibility index (Phi) is 5.91. The molecule has 0 saturated carbocycles. The van der Waals surface area contributed by atoms with Crippen LogP contribution in [0.5, 0.6) is 0 Å². The van der Waals surface area contributed by atoms with E-state index in [0.29, 0.717) is 23.1 Å². The number of halogens is 2. The average Bonchev–Trinajstić information content (AvgIpc) is 3.12. The minimum atomic E-state index is -3.67. The van der Waals surface area contributed by atoms with Crippen LogP contribution in [-0.2, 0) is 23.1 Å². The summed E-state index contributed by atoms with van der Waals surface area (Å²) in [5.41, 5.74) is 3.23. The van der Waals surface area contributed by atoms with Gasteiger partial charge in [0.15, 0.2) is 0 Å². The largest absolute Gasteiger partial charge is 0.369 e. The molecule has 5 nitrogen and oxygen atoms in total. The average molecular weight is 452 g/mol. The molecule has 2 heterocycles. The van der Waals surface area contributed by atoms with Crippen molar-refractivity contribution in [2.45, 2.75) is 18.0 Å². The van der Waals surface area contributed by atoms with Gasteiger partial charge in [0.1, 0.15) is 0 Å². The van der Waals surface area contributed by atoms with Crippen molar-refractivity contribution in [3.63, 3.8) is 0 Å². The van der Waals surface area contributed by atoms with Gasteiger partial charge in [0.2, 0.25) is 10.0 Å². The lowest BCUT2D eigenvalue weighted by atomic mass is 10.1. The molecule has 2 aromatic rings. The van der Waals surface area contributed by atoms with Crippen LogP contribution in [0.2, 0.25) is 10.0 Å². The molecular formula is C21H23Cl2N3O2S. The molecule has 1 saturated heterocycles. The Morgan fingerprint density at radius 3 is 2.24 bits per heavy atom. The quantitative estimate of drug-likeness (QED) is 0.644. The molecular weight excluding hydrogens is 429 g/mol. The Morgan fingerprint density at radius 1 is 0.931 bits per heavy atom. The first-order chi connectivity index (χ1) is 13.9.